The van der Waals surface area contributed by atoms with Crippen LogP contribution in [0.1, 0.15) is 49.2 Å². The number of likely N-dealkylation sites (N-methyl/N-ethyl adjacent to an activating group) is 2. The van der Waals surface area contributed by atoms with Crippen LogP contribution >= 0.6 is 0 Å². The number of ether oxygens (including phenoxy) is 1. The van der Waals surface area contributed by atoms with E-state index in [0.29, 0.717) is 35.7 Å². The molecule has 0 bridgehead atoms. The highest BCUT2D eigenvalue weighted by atomic mass is 19.1. The summed E-state index contributed by atoms with van der Waals surface area (Å²) in [5, 5.41) is 9.90. The summed E-state index contributed by atoms with van der Waals surface area (Å²) in [5.74, 6) is -1.88. The summed E-state index contributed by atoms with van der Waals surface area (Å²) in [6.45, 7) is 8.24. The predicted octanol–water partition coefficient (Wildman–Crippen LogP) is 5.12. The van der Waals surface area contributed by atoms with E-state index in [1.165, 1.54) is 36.0 Å². The van der Waals surface area contributed by atoms with E-state index < -0.39 is 17.8 Å². The average molecular weight is 619 g/mol. The molecule has 0 atom stereocenters. The fraction of sp³-hybridized carbons (Fsp3) is 0.429. The molecule has 1 N–H and O–H groups in total. The van der Waals surface area contributed by atoms with Crippen molar-refractivity contribution in [3.8, 4) is 16.9 Å². The van der Waals surface area contributed by atoms with E-state index in [0.717, 1.165) is 48.3 Å². The summed E-state index contributed by atoms with van der Waals surface area (Å²) in [4.78, 5) is 47.2. The maximum atomic E-state index is 13.2. The molecule has 0 saturated carbocycles. The molecule has 2 amide bonds. The Bertz CT molecular complexity index is 1530. The SMILES string of the molecule is Cc1nc(CN(C)C(=O)C(=O)N(C)C)c(-c2ccc(OCCc3ccc(F)cc3)cc2)c(N2CCC(C)(C)CC2)c1CC(=O)O. The molecule has 4 rings (SSSR count). The number of benzene rings is 2. The number of anilines is 1. The lowest BCUT2D eigenvalue weighted by Crippen LogP contribution is -2.40. The normalized spacial score (nSPS) is 14.2. The molecule has 3 aromatic rings. The van der Waals surface area contributed by atoms with Crippen LogP contribution in [0.3, 0.4) is 0 Å². The minimum Gasteiger partial charge on any atom is -0.493 e. The zero-order valence-corrected chi connectivity index (χ0v) is 27.0. The molecule has 0 unspecified atom stereocenters. The van der Waals surface area contributed by atoms with E-state index >= 15 is 0 Å². The van der Waals surface area contributed by atoms with Gasteiger partial charge in [0.05, 0.1) is 31.0 Å². The number of rotatable bonds is 10. The number of carbonyl (C=O) groups is 3. The lowest BCUT2D eigenvalue weighted by molar-refractivity contribution is -0.149. The van der Waals surface area contributed by atoms with Gasteiger partial charge in [-0.15, -0.1) is 0 Å². The van der Waals surface area contributed by atoms with Gasteiger partial charge in [-0.3, -0.25) is 19.4 Å². The Hall–Kier alpha value is -4.47. The minimum absolute atomic E-state index is 0.0597. The third-order valence-electron chi connectivity index (χ3n) is 8.35. The Morgan fingerprint density at radius 1 is 0.978 bits per heavy atom. The minimum atomic E-state index is -0.953. The first-order chi connectivity index (χ1) is 21.3. The van der Waals surface area contributed by atoms with Crippen molar-refractivity contribution < 1.29 is 28.6 Å². The van der Waals surface area contributed by atoms with Crippen LogP contribution in [-0.2, 0) is 33.8 Å². The molecular formula is C35H43FN4O5. The van der Waals surface area contributed by atoms with E-state index in [9.17, 15) is 23.9 Å². The second-order valence-corrected chi connectivity index (χ2v) is 12.7. The summed E-state index contributed by atoms with van der Waals surface area (Å²) in [6.07, 6.45) is 2.30. The second-order valence-electron chi connectivity index (χ2n) is 12.7. The molecule has 10 heteroatoms. The molecule has 1 aromatic heterocycles. The zero-order chi connectivity index (χ0) is 32.9. The number of aliphatic carboxylic acids is 1. The van der Waals surface area contributed by atoms with Gasteiger partial charge >= 0.3 is 17.8 Å². The zero-order valence-electron chi connectivity index (χ0n) is 27.0. The van der Waals surface area contributed by atoms with Gasteiger partial charge in [0.1, 0.15) is 11.6 Å². The molecule has 1 aliphatic heterocycles. The number of hydrogen-bond acceptors (Lipinski definition) is 6. The Morgan fingerprint density at radius 3 is 2.18 bits per heavy atom. The Labute approximate surface area is 264 Å². The molecule has 1 aliphatic rings. The van der Waals surface area contributed by atoms with Crippen molar-refractivity contribution in [2.24, 2.45) is 5.41 Å². The molecule has 1 saturated heterocycles. The standard InChI is InChI=1S/C35H43FN4O5/c1-23-28(21-30(41)42)32(40-18-16-35(2,3)17-19-40)31(29(37-23)22-39(6)34(44)33(43)38(4)5)25-9-13-27(14-10-25)45-20-15-24-7-11-26(36)12-8-24/h7-14H,15-22H2,1-6H3,(H,41,42). The van der Waals surface area contributed by atoms with Gasteiger partial charge in [0, 0.05) is 57.5 Å². The Balaban J connectivity index is 1.75. The average Bonchev–Trinajstić information content (AvgIpc) is 2.99. The number of pyridine rings is 1. The lowest BCUT2D eigenvalue weighted by atomic mass is 9.82. The quantitative estimate of drug-likeness (QED) is 0.315. The highest BCUT2D eigenvalue weighted by Gasteiger charge is 2.32. The van der Waals surface area contributed by atoms with Gasteiger partial charge in [-0.25, -0.2) is 4.39 Å². The van der Waals surface area contributed by atoms with Crippen LogP contribution in [0, 0.1) is 18.2 Å². The van der Waals surface area contributed by atoms with E-state index in [1.54, 1.807) is 26.1 Å². The highest BCUT2D eigenvalue weighted by molar-refractivity contribution is 6.34. The summed E-state index contributed by atoms with van der Waals surface area (Å²) in [6, 6.07) is 13.9. The summed E-state index contributed by atoms with van der Waals surface area (Å²) >= 11 is 0. The number of carbonyl (C=O) groups excluding carboxylic acids is 2. The van der Waals surface area contributed by atoms with Crippen LogP contribution in [0.2, 0.25) is 0 Å². The van der Waals surface area contributed by atoms with E-state index in [1.807, 2.05) is 24.3 Å². The first-order valence-electron chi connectivity index (χ1n) is 15.2. The molecule has 9 nitrogen and oxygen atoms in total. The van der Waals surface area contributed by atoms with Gasteiger partial charge in [-0.2, -0.15) is 0 Å². The van der Waals surface area contributed by atoms with Gasteiger partial charge in [0.25, 0.3) is 0 Å². The summed E-state index contributed by atoms with van der Waals surface area (Å²) in [7, 11) is 4.63. The third kappa shape index (κ3) is 8.38. The topological polar surface area (TPSA) is 103 Å². The summed E-state index contributed by atoms with van der Waals surface area (Å²) < 4.78 is 19.2. The first kappa shape index (κ1) is 33.4. The molecule has 45 heavy (non-hydrogen) atoms. The smallest absolute Gasteiger partial charge is 0.312 e. The van der Waals surface area contributed by atoms with Crippen LogP contribution in [0.25, 0.3) is 11.1 Å². The molecule has 240 valence electrons. The number of carboxylic acid groups (broad SMARTS) is 1. The number of halogens is 1. The van der Waals surface area contributed by atoms with Crippen molar-refractivity contribution in [3.05, 3.63) is 76.9 Å². The number of piperidine rings is 1. The fourth-order valence-electron chi connectivity index (χ4n) is 5.56. The molecule has 2 aromatic carbocycles. The van der Waals surface area contributed by atoms with Gasteiger partial charge in [0.15, 0.2) is 0 Å². The Morgan fingerprint density at radius 2 is 1.60 bits per heavy atom. The number of aromatic nitrogens is 1. The number of nitrogens with zero attached hydrogens (tertiary/aromatic N) is 4. The van der Waals surface area contributed by atoms with Gasteiger partial charge in [-0.1, -0.05) is 38.1 Å². The number of hydrogen-bond donors (Lipinski definition) is 1. The van der Waals surface area contributed by atoms with Crippen LogP contribution in [-0.4, -0.2) is 78.5 Å². The van der Waals surface area contributed by atoms with Crippen molar-refractivity contribution in [1.29, 1.82) is 0 Å². The molecule has 0 aliphatic carbocycles. The van der Waals surface area contributed by atoms with Crippen molar-refractivity contribution in [3.63, 3.8) is 0 Å². The maximum Gasteiger partial charge on any atom is 0.312 e. The van der Waals surface area contributed by atoms with Crippen LogP contribution in [0.5, 0.6) is 5.75 Å². The van der Waals surface area contributed by atoms with Crippen molar-refractivity contribution in [1.82, 2.24) is 14.8 Å². The van der Waals surface area contributed by atoms with Crippen molar-refractivity contribution >= 4 is 23.5 Å². The van der Waals surface area contributed by atoms with E-state index in [2.05, 4.69) is 18.7 Å². The fourth-order valence-corrected chi connectivity index (χ4v) is 5.56. The third-order valence-corrected chi connectivity index (χ3v) is 8.35. The number of amides is 2. The van der Waals surface area contributed by atoms with Crippen molar-refractivity contribution in [2.45, 2.75) is 53.0 Å². The lowest BCUT2D eigenvalue weighted by Gasteiger charge is -2.40. The summed E-state index contributed by atoms with van der Waals surface area (Å²) in [5.41, 5.74) is 5.28. The molecule has 2 heterocycles. The number of aryl methyl sites for hydroxylation is 1. The molecule has 0 radical (unpaired) electrons. The Kier molecular flexibility index (Phi) is 10.5. The van der Waals surface area contributed by atoms with E-state index in [4.69, 9.17) is 9.72 Å². The molecule has 1 fully saturated rings. The van der Waals surface area contributed by atoms with Crippen LogP contribution in [0.4, 0.5) is 10.1 Å². The van der Waals surface area contributed by atoms with E-state index in [-0.39, 0.29) is 24.2 Å². The van der Waals surface area contributed by atoms with Crippen LogP contribution in [0.15, 0.2) is 48.5 Å². The van der Waals surface area contributed by atoms with Gasteiger partial charge in [0.2, 0.25) is 0 Å². The number of carboxylic acids is 1. The van der Waals surface area contributed by atoms with Crippen LogP contribution < -0.4 is 9.64 Å². The highest BCUT2D eigenvalue weighted by Crippen LogP contribution is 2.42. The monoisotopic (exact) mass is 618 g/mol. The maximum absolute atomic E-state index is 13.2. The predicted molar refractivity (Wildman–Crippen MR) is 172 cm³/mol. The largest absolute Gasteiger partial charge is 0.493 e. The second kappa shape index (κ2) is 14.1. The first-order valence-corrected chi connectivity index (χ1v) is 15.2. The van der Waals surface area contributed by atoms with Crippen molar-refractivity contribution in [2.75, 3.05) is 45.7 Å². The molecule has 0 spiro atoms. The van der Waals surface area contributed by atoms with Gasteiger partial charge < -0.3 is 24.5 Å². The van der Waals surface area contributed by atoms with Gasteiger partial charge in [-0.05, 0) is 60.6 Å². The molecular weight excluding hydrogens is 575 g/mol.